The highest BCUT2D eigenvalue weighted by molar-refractivity contribution is 7.16. The zero-order valence-corrected chi connectivity index (χ0v) is 13.9. The lowest BCUT2D eigenvalue weighted by molar-refractivity contribution is 0.0706. The number of fused-ring (bicyclic) bond motifs is 1. The van der Waals surface area contributed by atoms with Crippen molar-refractivity contribution in [1.29, 1.82) is 5.26 Å². The zero-order chi connectivity index (χ0) is 15.0. The van der Waals surface area contributed by atoms with Gasteiger partial charge in [-0.2, -0.15) is 5.26 Å². The monoisotopic (exact) mass is 303 g/mol. The minimum Gasteiger partial charge on any atom is -0.389 e. The lowest BCUT2D eigenvalue weighted by Gasteiger charge is -2.44. The van der Waals surface area contributed by atoms with Crippen molar-refractivity contribution in [2.45, 2.75) is 64.5 Å². The van der Waals surface area contributed by atoms with Crippen LogP contribution >= 0.6 is 11.3 Å². The smallest absolute Gasteiger partial charge is 0.104 e. The van der Waals surface area contributed by atoms with Gasteiger partial charge in [0.15, 0.2) is 0 Å². The van der Waals surface area contributed by atoms with E-state index in [2.05, 4.69) is 24.8 Å². The van der Waals surface area contributed by atoms with E-state index in [0.29, 0.717) is 5.00 Å². The molecule has 0 radical (unpaired) electrons. The molecule has 2 aliphatic rings. The number of hydrogen-bond acceptors (Lipinski definition) is 4. The van der Waals surface area contributed by atoms with Crippen LogP contribution in [-0.4, -0.2) is 17.0 Å². The summed E-state index contributed by atoms with van der Waals surface area (Å²) < 4.78 is 0. The second-order valence-electron chi connectivity index (χ2n) is 7.23. The third kappa shape index (κ3) is 2.82. The fourth-order valence-electron chi connectivity index (χ4n) is 3.87. The molecule has 2 N–H and O–H groups in total. The summed E-state index contributed by atoms with van der Waals surface area (Å²) in [6.45, 7) is 6.74. The van der Waals surface area contributed by atoms with E-state index in [1.54, 1.807) is 11.3 Å². The summed E-state index contributed by atoms with van der Waals surface area (Å²) in [4.78, 5) is 3.92. The van der Waals surface area contributed by atoms with Crippen molar-refractivity contribution in [1.82, 2.24) is 4.90 Å². The third-order valence-corrected chi connectivity index (χ3v) is 6.29. The van der Waals surface area contributed by atoms with Crippen LogP contribution in [0.1, 0.15) is 62.0 Å². The molecule has 2 heterocycles. The normalized spacial score (nSPS) is 22.7. The van der Waals surface area contributed by atoms with Crippen LogP contribution in [0.3, 0.4) is 0 Å². The molecule has 1 saturated carbocycles. The van der Waals surface area contributed by atoms with Gasteiger partial charge in [0.1, 0.15) is 11.1 Å². The van der Waals surface area contributed by atoms with Crippen LogP contribution in [0.2, 0.25) is 0 Å². The third-order valence-electron chi connectivity index (χ3n) is 5.23. The number of nitrogens with zero attached hydrogens (tertiary/aromatic N) is 2. The Hall–Kier alpha value is -1.05. The van der Waals surface area contributed by atoms with E-state index in [0.717, 1.165) is 24.4 Å². The predicted molar refractivity (Wildman–Crippen MR) is 88.2 cm³/mol. The largest absolute Gasteiger partial charge is 0.389 e. The van der Waals surface area contributed by atoms with Crippen molar-refractivity contribution in [2.75, 3.05) is 12.3 Å². The molecule has 1 fully saturated rings. The molecule has 0 saturated heterocycles. The molecule has 0 bridgehead atoms. The second-order valence-corrected chi connectivity index (χ2v) is 8.37. The summed E-state index contributed by atoms with van der Waals surface area (Å²) in [6.07, 6.45) is 7.94. The Bertz CT molecular complexity index is 561. The van der Waals surface area contributed by atoms with Gasteiger partial charge in [-0.05, 0) is 32.6 Å². The second kappa shape index (κ2) is 5.62. The summed E-state index contributed by atoms with van der Waals surface area (Å²) in [5, 5.41) is 10.1. The molecule has 1 aliphatic carbocycles. The number of nitrogen functional groups attached to an aromatic ring is 1. The number of rotatable bonds is 2. The SMILES string of the molecule is CC1(C)Cc2sc(N)c(C#N)c2CN1CC1CCCCC1. The van der Waals surface area contributed by atoms with Gasteiger partial charge in [-0.3, -0.25) is 4.90 Å². The molecular formula is C17H25N3S. The maximum atomic E-state index is 9.36. The number of hydrogen-bond donors (Lipinski definition) is 1. The molecule has 3 nitrogen and oxygen atoms in total. The number of thiophene rings is 1. The first-order valence-corrected chi connectivity index (χ1v) is 8.88. The molecule has 1 aliphatic heterocycles. The highest BCUT2D eigenvalue weighted by atomic mass is 32.1. The van der Waals surface area contributed by atoms with E-state index in [1.165, 1.54) is 49.1 Å². The van der Waals surface area contributed by atoms with E-state index in [9.17, 15) is 5.26 Å². The molecule has 4 heteroatoms. The maximum absolute atomic E-state index is 9.36. The van der Waals surface area contributed by atoms with Gasteiger partial charge in [-0.15, -0.1) is 11.3 Å². The van der Waals surface area contributed by atoms with Crippen LogP contribution in [0.4, 0.5) is 5.00 Å². The molecule has 1 aromatic heterocycles. The van der Waals surface area contributed by atoms with Gasteiger partial charge >= 0.3 is 0 Å². The lowest BCUT2D eigenvalue weighted by atomic mass is 9.84. The van der Waals surface area contributed by atoms with Crippen LogP contribution in [0, 0.1) is 17.2 Å². The first-order valence-electron chi connectivity index (χ1n) is 8.06. The quantitative estimate of drug-likeness (QED) is 0.901. The van der Waals surface area contributed by atoms with Gasteiger partial charge in [0.25, 0.3) is 0 Å². The van der Waals surface area contributed by atoms with Crippen LogP contribution in [0.5, 0.6) is 0 Å². The van der Waals surface area contributed by atoms with E-state index >= 15 is 0 Å². The maximum Gasteiger partial charge on any atom is 0.104 e. The van der Waals surface area contributed by atoms with Crippen LogP contribution in [0.15, 0.2) is 0 Å². The first kappa shape index (κ1) is 14.9. The predicted octanol–water partition coefficient (Wildman–Crippen LogP) is 3.92. The van der Waals surface area contributed by atoms with Crippen molar-refractivity contribution >= 4 is 16.3 Å². The van der Waals surface area contributed by atoms with Crippen molar-refractivity contribution < 1.29 is 0 Å². The summed E-state index contributed by atoms with van der Waals surface area (Å²) in [7, 11) is 0. The fraction of sp³-hybridized carbons (Fsp3) is 0.706. The lowest BCUT2D eigenvalue weighted by Crippen LogP contribution is -2.50. The Labute approximate surface area is 131 Å². The number of anilines is 1. The van der Waals surface area contributed by atoms with E-state index < -0.39 is 0 Å². The number of nitrogens with two attached hydrogens (primary N) is 1. The molecule has 3 rings (SSSR count). The molecule has 0 amide bonds. The summed E-state index contributed by atoms with van der Waals surface area (Å²) in [6, 6.07) is 2.31. The minimum absolute atomic E-state index is 0.175. The van der Waals surface area contributed by atoms with Crippen molar-refractivity contribution in [3.8, 4) is 6.07 Å². The standard InChI is InChI=1S/C17H25N3S/c1-17(2)8-15-14(13(9-18)16(19)21-15)11-20(17)10-12-6-4-3-5-7-12/h12H,3-8,10-11,19H2,1-2H3. The van der Waals surface area contributed by atoms with Gasteiger partial charge in [0.2, 0.25) is 0 Å². The van der Waals surface area contributed by atoms with Crippen molar-refractivity contribution in [3.63, 3.8) is 0 Å². The van der Waals surface area contributed by atoms with Crippen LogP contribution < -0.4 is 5.73 Å². The topological polar surface area (TPSA) is 53.1 Å². The van der Waals surface area contributed by atoms with Gasteiger partial charge < -0.3 is 5.73 Å². The Kier molecular flexibility index (Phi) is 3.98. The average Bonchev–Trinajstić information content (AvgIpc) is 2.74. The van der Waals surface area contributed by atoms with Crippen LogP contribution in [-0.2, 0) is 13.0 Å². The van der Waals surface area contributed by atoms with Gasteiger partial charge in [0, 0.05) is 35.5 Å². The van der Waals surface area contributed by atoms with E-state index in [1.807, 2.05) is 0 Å². The van der Waals surface area contributed by atoms with Gasteiger partial charge in [-0.1, -0.05) is 19.3 Å². The fourth-order valence-corrected chi connectivity index (χ4v) is 5.12. The average molecular weight is 303 g/mol. The molecule has 21 heavy (non-hydrogen) atoms. The Morgan fingerprint density at radius 2 is 2.05 bits per heavy atom. The Morgan fingerprint density at radius 1 is 1.33 bits per heavy atom. The molecule has 114 valence electrons. The van der Waals surface area contributed by atoms with E-state index in [4.69, 9.17) is 5.73 Å². The Morgan fingerprint density at radius 3 is 2.71 bits per heavy atom. The van der Waals surface area contributed by atoms with Crippen LogP contribution in [0.25, 0.3) is 0 Å². The highest BCUT2D eigenvalue weighted by Crippen LogP contribution is 2.41. The summed E-state index contributed by atoms with van der Waals surface area (Å²) in [5.41, 5.74) is 8.14. The first-order chi connectivity index (χ1) is 10.0. The molecule has 0 unspecified atom stereocenters. The number of nitriles is 1. The molecular weight excluding hydrogens is 278 g/mol. The van der Waals surface area contributed by atoms with Crippen molar-refractivity contribution in [3.05, 3.63) is 16.0 Å². The summed E-state index contributed by atoms with van der Waals surface area (Å²) >= 11 is 1.62. The van der Waals surface area contributed by atoms with Gasteiger partial charge in [-0.25, -0.2) is 0 Å². The Balaban J connectivity index is 1.82. The van der Waals surface area contributed by atoms with Crippen molar-refractivity contribution in [2.24, 2.45) is 5.92 Å². The molecule has 0 aromatic carbocycles. The molecule has 0 atom stereocenters. The van der Waals surface area contributed by atoms with Gasteiger partial charge in [0.05, 0.1) is 5.56 Å². The minimum atomic E-state index is 0.175. The summed E-state index contributed by atoms with van der Waals surface area (Å²) in [5.74, 6) is 0.834. The van der Waals surface area contributed by atoms with E-state index in [-0.39, 0.29) is 5.54 Å². The highest BCUT2D eigenvalue weighted by Gasteiger charge is 2.37. The molecule has 1 aromatic rings. The zero-order valence-electron chi connectivity index (χ0n) is 13.1. The molecule has 0 spiro atoms.